The van der Waals surface area contributed by atoms with E-state index in [1.165, 1.54) is 0 Å². The minimum atomic E-state index is -1.02. The van der Waals surface area contributed by atoms with Crippen LogP contribution in [-0.4, -0.2) is 64.3 Å². The summed E-state index contributed by atoms with van der Waals surface area (Å²) in [7, 11) is 0. The molecule has 1 N–H and O–H groups in total. The molecule has 1 atom stereocenters. The summed E-state index contributed by atoms with van der Waals surface area (Å²) in [6, 6.07) is 7.18. The summed E-state index contributed by atoms with van der Waals surface area (Å²) >= 11 is 6.13. The van der Waals surface area contributed by atoms with Crippen molar-refractivity contribution in [2.75, 3.05) is 26.2 Å². The standard InChI is InChI=1S/C21H29ClN2O4/c1-20(2,3)28-19(26)24-12-10-23(11-13-24)18(25)17(21(27)8-5-9-21)15-6-4-7-16(22)14-15/h4,6-7,14,17,27H,5,8-13H2,1-3H3. The van der Waals surface area contributed by atoms with E-state index in [9.17, 15) is 14.7 Å². The van der Waals surface area contributed by atoms with Crippen LogP contribution in [0.4, 0.5) is 4.79 Å². The highest BCUT2D eigenvalue weighted by molar-refractivity contribution is 6.30. The number of piperazine rings is 1. The van der Waals surface area contributed by atoms with E-state index in [-0.39, 0.29) is 12.0 Å². The van der Waals surface area contributed by atoms with Crippen LogP contribution in [0.3, 0.4) is 0 Å². The van der Waals surface area contributed by atoms with Gasteiger partial charge in [0.15, 0.2) is 0 Å². The highest BCUT2D eigenvalue weighted by Crippen LogP contribution is 2.45. The van der Waals surface area contributed by atoms with Crippen LogP contribution in [0.2, 0.25) is 5.02 Å². The largest absolute Gasteiger partial charge is 0.444 e. The summed E-state index contributed by atoms with van der Waals surface area (Å²) in [5.41, 5.74) is -0.825. The van der Waals surface area contributed by atoms with Gasteiger partial charge in [0.25, 0.3) is 0 Å². The van der Waals surface area contributed by atoms with Crippen LogP contribution in [0.25, 0.3) is 0 Å². The molecule has 0 radical (unpaired) electrons. The minimum Gasteiger partial charge on any atom is -0.444 e. The predicted octanol–water partition coefficient (Wildman–Crippen LogP) is 3.42. The van der Waals surface area contributed by atoms with E-state index in [4.69, 9.17) is 16.3 Å². The SMILES string of the molecule is CC(C)(C)OC(=O)N1CCN(C(=O)C(c2cccc(Cl)c2)C2(O)CCC2)CC1. The summed E-state index contributed by atoms with van der Waals surface area (Å²) in [6.45, 7) is 7.18. The van der Waals surface area contributed by atoms with E-state index in [1.807, 2.05) is 26.8 Å². The van der Waals surface area contributed by atoms with Gasteiger partial charge in [-0.3, -0.25) is 4.79 Å². The molecule has 2 amide bonds. The predicted molar refractivity (Wildman–Crippen MR) is 107 cm³/mol. The summed E-state index contributed by atoms with van der Waals surface area (Å²) < 4.78 is 5.41. The second kappa shape index (κ2) is 7.91. The van der Waals surface area contributed by atoms with Gasteiger partial charge < -0.3 is 19.6 Å². The number of hydrogen-bond acceptors (Lipinski definition) is 4. The molecule has 1 aliphatic heterocycles. The average molecular weight is 409 g/mol. The molecular weight excluding hydrogens is 380 g/mol. The van der Waals surface area contributed by atoms with Crippen molar-refractivity contribution < 1.29 is 19.4 Å². The molecule has 1 saturated heterocycles. The third-order valence-corrected chi connectivity index (χ3v) is 5.66. The van der Waals surface area contributed by atoms with E-state index in [0.29, 0.717) is 44.0 Å². The van der Waals surface area contributed by atoms with Crippen LogP contribution in [-0.2, 0) is 9.53 Å². The van der Waals surface area contributed by atoms with E-state index in [2.05, 4.69) is 0 Å². The number of aliphatic hydroxyl groups is 1. The first-order chi connectivity index (χ1) is 13.1. The molecule has 7 heteroatoms. The zero-order chi connectivity index (χ0) is 20.5. The van der Waals surface area contributed by atoms with Crippen molar-refractivity contribution >= 4 is 23.6 Å². The lowest BCUT2D eigenvalue weighted by Crippen LogP contribution is -2.56. The first kappa shape index (κ1) is 20.9. The fourth-order valence-corrected chi connectivity index (χ4v) is 4.01. The maximum absolute atomic E-state index is 13.3. The van der Waals surface area contributed by atoms with E-state index < -0.39 is 17.1 Å². The zero-order valence-corrected chi connectivity index (χ0v) is 17.5. The molecule has 1 heterocycles. The number of carbonyl (C=O) groups excluding carboxylic acids is 2. The van der Waals surface area contributed by atoms with Gasteiger partial charge in [0, 0.05) is 31.2 Å². The van der Waals surface area contributed by atoms with Crippen LogP contribution in [0.1, 0.15) is 51.5 Å². The van der Waals surface area contributed by atoms with Gasteiger partial charge in [0.05, 0.1) is 11.5 Å². The molecule has 1 aromatic rings. The highest BCUT2D eigenvalue weighted by Gasteiger charge is 2.48. The van der Waals surface area contributed by atoms with Gasteiger partial charge in [-0.2, -0.15) is 0 Å². The summed E-state index contributed by atoms with van der Waals surface area (Å²) in [5.74, 6) is -0.735. The number of hydrogen-bond donors (Lipinski definition) is 1. The highest BCUT2D eigenvalue weighted by atomic mass is 35.5. The topological polar surface area (TPSA) is 70.1 Å². The Labute approximate surface area is 171 Å². The molecule has 0 aromatic heterocycles. The normalized spacial score (nSPS) is 20.3. The molecule has 0 bridgehead atoms. The number of halogens is 1. The minimum absolute atomic E-state index is 0.103. The van der Waals surface area contributed by atoms with Crippen LogP contribution >= 0.6 is 11.6 Å². The van der Waals surface area contributed by atoms with Crippen molar-refractivity contribution in [1.29, 1.82) is 0 Å². The first-order valence-corrected chi connectivity index (χ1v) is 10.2. The number of benzene rings is 1. The van der Waals surface area contributed by atoms with Gasteiger partial charge in [-0.25, -0.2) is 4.79 Å². The van der Waals surface area contributed by atoms with E-state index in [0.717, 1.165) is 12.0 Å². The Balaban J connectivity index is 1.70. The maximum Gasteiger partial charge on any atom is 0.410 e. The fourth-order valence-electron chi connectivity index (χ4n) is 3.81. The summed E-state index contributed by atoms with van der Waals surface area (Å²) in [5, 5.41) is 11.6. The third-order valence-electron chi connectivity index (χ3n) is 5.43. The lowest BCUT2D eigenvalue weighted by atomic mass is 9.68. The van der Waals surface area contributed by atoms with Gasteiger partial charge in [0.1, 0.15) is 5.60 Å². The molecular formula is C21H29ClN2O4. The molecule has 0 spiro atoms. The Morgan fingerprint density at radius 3 is 2.25 bits per heavy atom. The zero-order valence-electron chi connectivity index (χ0n) is 16.8. The Hall–Kier alpha value is -1.79. The molecule has 1 aromatic carbocycles. The van der Waals surface area contributed by atoms with Crippen LogP contribution in [0.15, 0.2) is 24.3 Å². The molecule has 6 nitrogen and oxygen atoms in total. The third kappa shape index (κ3) is 4.61. The van der Waals surface area contributed by atoms with Gasteiger partial charge in [-0.05, 0) is 57.7 Å². The molecule has 3 rings (SSSR count). The van der Waals surface area contributed by atoms with Crippen LogP contribution < -0.4 is 0 Å². The quantitative estimate of drug-likeness (QED) is 0.831. The molecule has 2 fully saturated rings. The van der Waals surface area contributed by atoms with Crippen LogP contribution in [0.5, 0.6) is 0 Å². The second-order valence-electron chi connectivity index (χ2n) is 8.74. The van der Waals surface area contributed by atoms with Gasteiger partial charge in [0.2, 0.25) is 5.91 Å². The van der Waals surface area contributed by atoms with Crippen molar-refractivity contribution in [2.45, 2.75) is 57.2 Å². The van der Waals surface area contributed by atoms with Crippen molar-refractivity contribution in [1.82, 2.24) is 9.80 Å². The van der Waals surface area contributed by atoms with Crippen molar-refractivity contribution in [3.05, 3.63) is 34.9 Å². The lowest BCUT2D eigenvalue weighted by molar-refractivity contribution is -0.146. The molecule has 1 unspecified atom stereocenters. The molecule has 1 saturated carbocycles. The number of carbonyl (C=O) groups is 2. The smallest absolute Gasteiger partial charge is 0.410 e. The Bertz CT molecular complexity index is 734. The monoisotopic (exact) mass is 408 g/mol. The van der Waals surface area contributed by atoms with Crippen molar-refractivity contribution in [3.8, 4) is 0 Å². The van der Waals surface area contributed by atoms with Crippen molar-refractivity contribution in [2.24, 2.45) is 0 Å². The molecule has 154 valence electrons. The van der Waals surface area contributed by atoms with Crippen LogP contribution in [0, 0.1) is 0 Å². The van der Waals surface area contributed by atoms with Gasteiger partial charge in [-0.1, -0.05) is 23.7 Å². The number of ether oxygens (including phenoxy) is 1. The lowest BCUT2D eigenvalue weighted by Gasteiger charge is -2.45. The number of amides is 2. The molecule has 28 heavy (non-hydrogen) atoms. The van der Waals surface area contributed by atoms with E-state index >= 15 is 0 Å². The van der Waals surface area contributed by atoms with Gasteiger partial charge >= 0.3 is 6.09 Å². The van der Waals surface area contributed by atoms with E-state index in [1.54, 1.807) is 28.0 Å². The molecule has 2 aliphatic rings. The summed E-state index contributed by atoms with van der Waals surface area (Å²) in [4.78, 5) is 29.0. The first-order valence-electron chi connectivity index (χ1n) is 9.84. The Kier molecular flexibility index (Phi) is 5.92. The average Bonchev–Trinajstić information content (AvgIpc) is 2.59. The van der Waals surface area contributed by atoms with Gasteiger partial charge in [-0.15, -0.1) is 0 Å². The second-order valence-corrected chi connectivity index (χ2v) is 9.17. The Morgan fingerprint density at radius 1 is 1.14 bits per heavy atom. The molecule has 1 aliphatic carbocycles. The van der Waals surface area contributed by atoms with Crippen molar-refractivity contribution in [3.63, 3.8) is 0 Å². The summed E-state index contributed by atoms with van der Waals surface area (Å²) in [6.07, 6.45) is 1.76. The maximum atomic E-state index is 13.3. The fraction of sp³-hybridized carbons (Fsp3) is 0.619. The Morgan fingerprint density at radius 2 is 1.75 bits per heavy atom. The number of rotatable bonds is 3. The number of nitrogens with zero attached hydrogens (tertiary/aromatic N) is 2.